The summed E-state index contributed by atoms with van der Waals surface area (Å²) in [5.74, 6) is -0.606. The van der Waals surface area contributed by atoms with E-state index < -0.39 is 5.97 Å². The van der Waals surface area contributed by atoms with Gasteiger partial charge < -0.3 is 14.7 Å². The third-order valence-electron chi connectivity index (χ3n) is 2.36. The summed E-state index contributed by atoms with van der Waals surface area (Å²) in [7, 11) is 0. The molecule has 5 heteroatoms. The quantitative estimate of drug-likeness (QED) is 0.427. The van der Waals surface area contributed by atoms with E-state index >= 15 is 0 Å². The molecule has 0 aliphatic carbocycles. The number of nitrogens with zero attached hydrogens (tertiary/aromatic N) is 2. The molecule has 0 radical (unpaired) electrons. The molecule has 0 aromatic carbocycles. The van der Waals surface area contributed by atoms with Crippen LogP contribution in [0.25, 0.3) is 0 Å². The fraction of sp³-hybridized carbons (Fsp3) is 0.636. The zero-order chi connectivity index (χ0) is 12.0. The van der Waals surface area contributed by atoms with Crippen molar-refractivity contribution in [1.82, 2.24) is 4.90 Å². The minimum Gasteiger partial charge on any atom is -0.462 e. The minimum absolute atomic E-state index is 0.0176. The number of rotatable bonds is 3. The monoisotopic (exact) mass is 224 g/mol. The summed E-state index contributed by atoms with van der Waals surface area (Å²) in [5, 5.41) is 18.2. The van der Waals surface area contributed by atoms with E-state index in [1.165, 1.54) is 6.20 Å². The Balaban J connectivity index is 2.64. The number of hydrogen-bond acceptors (Lipinski definition) is 5. The fourth-order valence-electron chi connectivity index (χ4n) is 1.62. The summed E-state index contributed by atoms with van der Waals surface area (Å²) in [5.41, 5.74) is -0.0176. The van der Waals surface area contributed by atoms with Gasteiger partial charge >= 0.3 is 5.97 Å². The molecule has 0 saturated carbocycles. The van der Waals surface area contributed by atoms with Crippen LogP contribution in [0.4, 0.5) is 0 Å². The Bertz CT molecular complexity index is 320. The highest BCUT2D eigenvalue weighted by atomic mass is 16.5. The molecule has 88 valence electrons. The topological polar surface area (TPSA) is 73.6 Å². The average Bonchev–Trinajstić information content (AvgIpc) is 2.26. The predicted octanol–water partition coefficient (Wildman–Crippen LogP) is 0.414. The molecule has 1 heterocycles. The van der Waals surface area contributed by atoms with Gasteiger partial charge in [-0.05, 0) is 19.8 Å². The van der Waals surface area contributed by atoms with Crippen molar-refractivity contribution in [3.63, 3.8) is 0 Å². The van der Waals surface area contributed by atoms with E-state index in [9.17, 15) is 9.90 Å². The number of ether oxygens (including phenoxy) is 1. The van der Waals surface area contributed by atoms with Gasteiger partial charge in [0.15, 0.2) is 5.57 Å². The number of aliphatic hydroxyl groups excluding tert-OH is 1. The Kier molecular flexibility index (Phi) is 4.80. The number of esters is 1. The first-order chi connectivity index (χ1) is 7.67. The summed E-state index contributed by atoms with van der Waals surface area (Å²) in [6, 6.07) is 1.81. The van der Waals surface area contributed by atoms with E-state index in [1.807, 2.05) is 6.07 Å². The van der Waals surface area contributed by atoms with Crippen molar-refractivity contribution in [2.24, 2.45) is 0 Å². The van der Waals surface area contributed by atoms with Gasteiger partial charge in [0.1, 0.15) is 6.07 Å². The maximum absolute atomic E-state index is 11.3. The molecular formula is C11H16N2O3. The number of carbonyl (C=O) groups excluding carboxylic acids is 1. The lowest BCUT2D eigenvalue weighted by molar-refractivity contribution is -0.138. The first kappa shape index (κ1) is 12.5. The van der Waals surface area contributed by atoms with E-state index in [4.69, 9.17) is 10.00 Å². The maximum atomic E-state index is 11.3. The summed E-state index contributed by atoms with van der Waals surface area (Å²) in [6.07, 6.45) is 2.72. The van der Waals surface area contributed by atoms with Crippen molar-refractivity contribution in [3.05, 3.63) is 11.8 Å². The highest BCUT2D eigenvalue weighted by Crippen LogP contribution is 2.11. The third-order valence-corrected chi connectivity index (χ3v) is 2.36. The molecule has 1 fully saturated rings. The number of carbonyl (C=O) groups is 1. The second kappa shape index (κ2) is 6.13. The smallest absolute Gasteiger partial charge is 0.350 e. The van der Waals surface area contributed by atoms with E-state index in [0.29, 0.717) is 6.54 Å². The largest absolute Gasteiger partial charge is 0.462 e. The predicted molar refractivity (Wildman–Crippen MR) is 57.1 cm³/mol. The Hall–Kier alpha value is -1.54. The third kappa shape index (κ3) is 3.55. The van der Waals surface area contributed by atoms with Crippen LogP contribution >= 0.6 is 0 Å². The number of nitriles is 1. The first-order valence-corrected chi connectivity index (χ1v) is 5.38. The number of piperidine rings is 1. The fourth-order valence-corrected chi connectivity index (χ4v) is 1.62. The Morgan fingerprint density at radius 2 is 2.50 bits per heavy atom. The van der Waals surface area contributed by atoms with Crippen LogP contribution < -0.4 is 0 Å². The van der Waals surface area contributed by atoms with Crippen molar-refractivity contribution in [1.29, 1.82) is 5.26 Å². The van der Waals surface area contributed by atoms with Crippen molar-refractivity contribution in [3.8, 4) is 6.07 Å². The van der Waals surface area contributed by atoms with Crippen LogP contribution in [0.3, 0.4) is 0 Å². The standard InChI is InChI=1S/C11H16N2O3/c1-2-16-11(15)9(6-12)7-13-5-3-4-10(14)8-13/h7,10,14H,2-5,8H2,1H3. The Morgan fingerprint density at radius 1 is 1.75 bits per heavy atom. The second-order valence-corrected chi connectivity index (χ2v) is 3.67. The van der Waals surface area contributed by atoms with Crippen LogP contribution in [0, 0.1) is 11.3 Å². The molecule has 1 aliphatic rings. The molecular weight excluding hydrogens is 208 g/mol. The van der Waals surface area contributed by atoms with E-state index in [-0.39, 0.29) is 18.3 Å². The van der Waals surface area contributed by atoms with E-state index in [2.05, 4.69) is 0 Å². The molecule has 0 bridgehead atoms. The van der Waals surface area contributed by atoms with Crippen LogP contribution in [-0.2, 0) is 9.53 Å². The number of likely N-dealkylation sites (tertiary alicyclic amines) is 1. The zero-order valence-electron chi connectivity index (χ0n) is 9.35. The molecule has 1 atom stereocenters. The molecule has 0 aromatic rings. The molecule has 1 unspecified atom stereocenters. The van der Waals surface area contributed by atoms with E-state index in [0.717, 1.165) is 19.4 Å². The van der Waals surface area contributed by atoms with Crippen LogP contribution in [0.5, 0.6) is 0 Å². The lowest BCUT2D eigenvalue weighted by Crippen LogP contribution is -2.35. The molecule has 1 N–H and O–H groups in total. The number of β-amino-alcohol motifs (C(OH)–C–C–N with tert-alkyl or cyclic N) is 1. The van der Waals surface area contributed by atoms with Crippen LogP contribution in [0.1, 0.15) is 19.8 Å². The molecule has 1 aliphatic heterocycles. The number of aliphatic hydroxyl groups is 1. The molecule has 0 amide bonds. The Labute approximate surface area is 94.9 Å². The van der Waals surface area contributed by atoms with E-state index in [1.54, 1.807) is 11.8 Å². The molecule has 16 heavy (non-hydrogen) atoms. The highest BCUT2D eigenvalue weighted by Gasteiger charge is 2.18. The summed E-state index contributed by atoms with van der Waals surface area (Å²) in [4.78, 5) is 13.1. The molecule has 0 spiro atoms. The van der Waals surface area contributed by atoms with Gasteiger partial charge in [-0.25, -0.2) is 4.79 Å². The van der Waals surface area contributed by atoms with Gasteiger partial charge in [-0.2, -0.15) is 5.26 Å². The van der Waals surface area contributed by atoms with Crippen molar-refractivity contribution in [2.45, 2.75) is 25.9 Å². The summed E-state index contributed by atoms with van der Waals surface area (Å²) < 4.78 is 4.74. The Morgan fingerprint density at radius 3 is 3.06 bits per heavy atom. The minimum atomic E-state index is -0.606. The van der Waals surface area contributed by atoms with Crippen molar-refractivity contribution < 1.29 is 14.6 Å². The average molecular weight is 224 g/mol. The van der Waals surface area contributed by atoms with Gasteiger partial charge in [-0.3, -0.25) is 0 Å². The molecule has 1 saturated heterocycles. The van der Waals surface area contributed by atoms with Crippen molar-refractivity contribution in [2.75, 3.05) is 19.7 Å². The SMILES string of the molecule is CCOC(=O)C(C#N)=CN1CCCC(O)C1. The molecule has 0 aromatic heterocycles. The number of hydrogen-bond donors (Lipinski definition) is 1. The van der Waals surface area contributed by atoms with Crippen LogP contribution in [0.15, 0.2) is 11.8 Å². The molecule has 5 nitrogen and oxygen atoms in total. The second-order valence-electron chi connectivity index (χ2n) is 3.67. The van der Waals surface area contributed by atoms with Gasteiger partial charge in [0.2, 0.25) is 0 Å². The lowest BCUT2D eigenvalue weighted by atomic mass is 10.1. The zero-order valence-corrected chi connectivity index (χ0v) is 9.35. The molecule has 1 rings (SSSR count). The summed E-state index contributed by atoms with van der Waals surface area (Å²) >= 11 is 0. The van der Waals surface area contributed by atoms with Crippen LogP contribution in [0.2, 0.25) is 0 Å². The maximum Gasteiger partial charge on any atom is 0.350 e. The van der Waals surface area contributed by atoms with Gasteiger partial charge in [0, 0.05) is 19.3 Å². The van der Waals surface area contributed by atoms with Gasteiger partial charge in [0.25, 0.3) is 0 Å². The first-order valence-electron chi connectivity index (χ1n) is 5.38. The lowest BCUT2D eigenvalue weighted by Gasteiger charge is -2.28. The van der Waals surface area contributed by atoms with Crippen molar-refractivity contribution >= 4 is 5.97 Å². The van der Waals surface area contributed by atoms with Gasteiger partial charge in [-0.15, -0.1) is 0 Å². The van der Waals surface area contributed by atoms with Gasteiger partial charge in [0.05, 0.1) is 12.7 Å². The normalized spacial score (nSPS) is 21.4. The van der Waals surface area contributed by atoms with Crippen LogP contribution in [-0.4, -0.2) is 41.8 Å². The van der Waals surface area contributed by atoms with Gasteiger partial charge in [-0.1, -0.05) is 0 Å². The summed E-state index contributed by atoms with van der Waals surface area (Å²) in [6.45, 7) is 3.16. The highest BCUT2D eigenvalue weighted by molar-refractivity contribution is 5.92.